The molecule has 4 heterocycles. The number of carbonyl (C=O) groups is 4. The van der Waals surface area contributed by atoms with Gasteiger partial charge in [0.05, 0.1) is 16.6 Å². The van der Waals surface area contributed by atoms with Crippen molar-refractivity contribution >= 4 is 56.7 Å². The highest BCUT2D eigenvalue weighted by molar-refractivity contribution is 7.86. The van der Waals surface area contributed by atoms with Crippen molar-refractivity contribution in [3.8, 4) is 0 Å². The van der Waals surface area contributed by atoms with E-state index in [2.05, 4.69) is 15.5 Å². The molecule has 0 aromatic carbocycles. The largest absolute Gasteiger partial charge is 0.478 e. The standard InChI is InChI=1S/C22H22N6O8S2/c1-22(2,20(33)34)36-26-13(12-9-37-21(23)24-12)16(29)25-14-17(30)28-15(19(31)32)11(10-38(35)18(14)28)8-27-6-4-3-5-7-27/h3-7,9,14,18H,8,10H2,1-2H3,(H4-,23,24,25,29,31,32,33,34)/p+1/b26-13-/t14-,18-,38?/m1/s1. The first kappa shape index (κ1) is 26.9. The van der Waals surface area contributed by atoms with E-state index in [9.17, 15) is 33.6 Å². The van der Waals surface area contributed by atoms with E-state index in [1.54, 1.807) is 35.2 Å². The van der Waals surface area contributed by atoms with Crippen molar-refractivity contribution in [2.24, 2.45) is 5.16 Å². The first-order valence-corrected chi connectivity index (χ1v) is 13.3. The van der Waals surface area contributed by atoms with Crippen LogP contribution in [0.1, 0.15) is 19.5 Å². The Bertz CT molecular complexity index is 1400. The van der Waals surface area contributed by atoms with Gasteiger partial charge in [-0.2, -0.15) is 0 Å². The summed E-state index contributed by atoms with van der Waals surface area (Å²) < 4.78 is 14.8. The molecule has 2 aromatic heterocycles. The van der Waals surface area contributed by atoms with Crippen molar-refractivity contribution in [3.05, 3.63) is 52.9 Å². The van der Waals surface area contributed by atoms with Gasteiger partial charge in [0.2, 0.25) is 5.60 Å². The van der Waals surface area contributed by atoms with Crippen LogP contribution in [-0.2, 0) is 41.4 Å². The molecule has 2 amide bonds. The van der Waals surface area contributed by atoms with Crippen LogP contribution < -0.4 is 15.6 Å². The molecule has 2 aliphatic heterocycles. The fraction of sp³-hybridized carbons (Fsp3) is 0.318. The number of rotatable bonds is 9. The number of anilines is 1. The summed E-state index contributed by atoms with van der Waals surface area (Å²) in [6, 6.07) is 3.97. The summed E-state index contributed by atoms with van der Waals surface area (Å²) in [5, 5.41) is 25.6. The predicted octanol–water partition coefficient (Wildman–Crippen LogP) is -0.949. The second-order valence-corrected chi connectivity index (χ2v) is 11.2. The molecule has 0 aliphatic carbocycles. The summed E-state index contributed by atoms with van der Waals surface area (Å²) in [4.78, 5) is 59.6. The minimum atomic E-state index is -1.80. The molecule has 0 saturated carbocycles. The molecule has 2 aliphatic rings. The lowest BCUT2D eigenvalue weighted by atomic mass is 10.0. The average molecular weight is 564 g/mol. The van der Waals surface area contributed by atoms with Gasteiger partial charge >= 0.3 is 11.9 Å². The van der Waals surface area contributed by atoms with E-state index < -0.39 is 57.3 Å². The maximum absolute atomic E-state index is 13.1. The molecule has 5 N–H and O–H groups in total. The van der Waals surface area contributed by atoms with E-state index in [0.717, 1.165) is 16.2 Å². The van der Waals surface area contributed by atoms with Crippen LogP contribution in [0.5, 0.6) is 0 Å². The van der Waals surface area contributed by atoms with Crippen LogP contribution in [-0.4, -0.2) is 76.5 Å². The smallest absolute Gasteiger partial charge is 0.352 e. The maximum Gasteiger partial charge on any atom is 0.352 e. The SMILES string of the molecule is CC(C)(O/N=C(\C(=O)N[C@@H]1C(=O)N2C(C(=O)O)=C(C[n+]3ccccc3)CS(=O)[C@H]12)c1csc(N)n1)C(=O)O. The molecule has 1 unspecified atom stereocenters. The monoisotopic (exact) mass is 563 g/mol. The summed E-state index contributed by atoms with van der Waals surface area (Å²) >= 11 is 0.989. The fourth-order valence-electron chi connectivity index (χ4n) is 3.74. The number of carboxylic acids is 2. The number of carbonyl (C=O) groups excluding carboxylic acids is 2. The van der Waals surface area contributed by atoms with Gasteiger partial charge in [-0.25, -0.2) is 19.1 Å². The Morgan fingerprint density at radius 3 is 2.58 bits per heavy atom. The zero-order chi connectivity index (χ0) is 27.8. The van der Waals surface area contributed by atoms with Gasteiger partial charge in [0.1, 0.15) is 22.8 Å². The molecule has 0 radical (unpaired) electrons. The lowest BCUT2D eigenvalue weighted by Crippen LogP contribution is -2.74. The van der Waals surface area contributed by atoms with Crippen molar-refractivity contribution in [2.75, 3.05) is 11.5 Å². The number of fused-ring (bicyclic) bond motifs is 1. The van der Waals surface area contributed by atoms with Crippen molar-refractivity contribution in [3.63, 3.8) is 0 Å². The van der Waals surface area contributed by atoms with Gasteiger partial charge in [-0.1, -0.05) is 11.2 Å². The van der Waals surface area contributed by atoms with Gasteiger partial charge in [-0.15, -0.1) is 11.3 Å². The molecule has 1 fully saturated rings. The third-order valence-electron chi connectivity index (χ3n) is 5.70. The second-order valence-electron chi connectivity index (χ2n) is 8.80. The maximum atomic E-state index is 13.1. The molecule has 4 rings (SSSR count). The van der Waals surface area contributed by atoms with Gasteiger partial charge in [0.15, 0.2) is 29.8 Å². The summed E-state index contributed by atoms with van der Waals surface area (Å²) in [5.41, 5.74) is 3.37. The molecule has 1 saturated heterocycles. The van der Waals surface area contributed by atoms with Crippen LogP contribution in [0, 0.1) is 0 Å². The number of aromatic nitrogens is 2. The van der Waals surface area contributed by atoms with Crippen LogP contribution in [0.2, 0.25) is 0 Å². The number of nitrogens with zero attached hydrogens (tertiary/aromatic N) is 4. The average Bonchev–Trinajstić information content (AvgIpc) is 3.28. The number of β-lactam (4-membered cyclic amide) rings is 1. The minimum Gasteiger partial charge on any atom is -0.478 e. The number of pyridine rings is 1. The van der Waals surface area contributed by atoms with Crippen LogP contribution >= 0.6 is 11.3 Å². The molecule has 3 atom stereocenters. The molecule has 200 valence electrons. The van der Waals surface area contributed by atoms with E-state index >= 15 is 0 Å². The second kappa shape index (κ2) is 10.3. The minimum absolute atomic E-state index is 0.0344. The molecule has 38 heavy (non-hydrogen) atoms. The number of carboxylic acid groups (broad SMARTS) is 2. The van der Waals surface area contributed by atoms with Crippen LogP contribution in [0.25, 0.3) is 0 Å². The molecule has 0 spiro atoms. The molecule has 16 heteroatoms. The molecule has 14 nitrogen and oxygen atoms in total. The Morgan fingerprint density at radius 2 is 2.00 bits per heavy atom. The number of hydrogen-bond acceptors (Lipinski definition) is 10. The Labute approximate surface area is 221 Å². The third kappa shape index (κ3) is 5.12. The first-order chi connectivity index (χ1) is 17.9. The van der Waals surface area contributed by atoms with Crippen molar-refractivity contribution < 1.29 is 43.0 Å². The summed E-state index contributed by atoms with van der Waals surface area (Å²) in [7, 11) is -1.74. The van der Waals surface area contributed by atoms with Crippen molar-refractivity contribution in [2.45, 2.75) is 37.4 Å². The number of oxime groups is 1. The zero-order valence-electron chi connectivity index (χ0n) is 20.1. The van der Waals surface area contributed by atoms with E-state index in [4.69, 9.17) is 10.6 Å². The van der Waals surface area contributed by atoms with Gasteiger partial charge in [-0.3, -0.25) is 18.7 Å². The number of nitrogens with one attached hydrogen (secondary N) is 1. The molecular weight excluding hydrogens is 540 g/mol. The van der Waals surface area contributed by atoms with Crippen LogP contribution in [0.3, 0.4) is 0 Å². The van der Waals surface area contributed by atoms with Gasteiger partial charge < -0.3 is 26.1 Å². The van der Waals surface area contributed by atoms with Crippen LogP contribution in [0.15, 0.2) is 52.4 Å². The first-order valence-electron chi connectivity index (χ1n) is 11.0. The normalized spacial score (nSPS) is 21.4. The number of thiazole rings is 1. The lowest BCUT2D eigenvalue weighted by Gasteiger charge is -2.48. The highest BCUT2D eigenvalue weighted by atomic mass is 32.2. The number of hydrogen-bond donors (Lipinski definition) is 4. The van der Waals surface area contributed by atoms with E-state index in [1.807, 2.05) is 0 Å². The van der Waals surface area contributed by atoms with Gasteiger partial charge in [-0.05, 0) is 13.8 Å². The zero-order valence-corrected chi connectivity index (χ0v) is 21.7. The topological polar surface area (TPSA) is 205 Å². The van der Waals surface area contributed by atoms with Crippen molar-refractivity contribution in [1.82, 2.24) is 15.2 Å². The Balaban J connectivity index is 1.60. The molecular formula is C22H23N6O8S2+. The number of nitrogen functional groups attached to an aromatic ring is 1. The van der Waals surface area contributed by atoms with E-state index in [1.165, 1.54) is 19.2 Å². The van der Waals surface area contributed by atoms with Gasteiger partial charge in [0.25, 0.3) is 11.8 Å². The highest BCUT2D eigenvalue weighted by Crippen LogP contribution is 2.35. The van der Waals surface area contributed by atoms with E-state index in [0.29, 0.717) is 5.57 Å². The molecule has 0 bridgehead atoms. The number of amides is 2. The molecule has 2 aromatic rings. The Kier molecular flexibility index (Phi) is 7.28. The summed E-state index contributed by atoms with van der Waals surface area (Å²) in [5.74, 6) is -4.57. The Hall–Kier alpha value is -4.18. The third-order valence-corrected chi connectivity index (χ3v) is 8.03. The van der Waals surface area contributed by atoms with Crippen LogP contribution in [0.4, 0.5) is 5.13 Å². The van der Waals surface area contributed by atoms with Gasteiger partial charge in [0, 0.05) is 23.1 Å². The number of aliphatic carboxylic acids is 2. The lowest BCUT2D eigenvalue weighted by molar-refractivity contribution is -0.689. The van der Waals surface area contributed by atoms with E-state index in [-0.39, 0.29) is 28.8 Å². The quantitative estimate of drug-likeness (QED) is 0.127. The predicted molar refractivity (Wildman–Crippen MR) is 133 cm³/mol. The summed E-state index contributed by atoms with van der Waals surface area (Å²) in [6.45, 7) is 2.54. The van der Waals surface area contributed by atoms with Crippen molar-refractivity contribution in [1.29, 1.82) is 0 Å². The summed E-state index contributed by atoms with van der Waals surface area (Å²) in [6.07, 6.45) is 3.42. The highest BCUT2D eigenvalue weighted by Gasteiger charge is 2.57. The number of nitrogens with two attached hydrogens (primary N) is 1. The Morgan fingerprint density at radius 1 is 1.32 bits per heavy atom. The fourth-order valence-corrected chi connectivity index (χ4v) is 5.97.